The molecule has 0 atom stereocenters. The van der Waals surface area contributed by atoms with Gasteiger partial charge in [-0.2, -0.15) is 0 Å². The Labute approximate surface area is 101 Å². The van der Waals surface area contributed by atoms with Crippen molar-refractivity contribution in [3.8, 4) is 5.75 Å². The van der Waals surface area contributed by atoms with Crippen LogP contribution in [0.5, 0.6) is 5.75 Å². The SMILES string of the molecule is COc1ccc(CNCCS(C)(=O)=O)cc1F. The quantitative estimate of drug-likeness (QED) is 0.775. The van der Waals surface area contributed by atoms with E-state index in [2.05, 4.69) is 5.32 Å². The van der Waals surface area contributed by atoms with E-state index in [1.54, 1.807) is 12.1 Å². The Bertz CT molecular complexity index is 474. The van der Waals surface area contributed by atoms with Crippen molar-refractivity contribution in [2.24, 2.45) is 0 Å². The first kappa shape index (κ1) is 13.9. The molecule has 0 saturated heterocycles. The molecule has 96 valence electrons. The zero-order valence-corrected chi connectivity index (χ0v) is 10.7. The van der Waals surface area contributed by atoms with Crippen molar-refractivity contribution in [2.45, 2.75) is 6.54 Å². The topological polar surface area (TPSA) is 55.4 Å². The van der Waals surface area contributed by atoms with E-state index in [1.165, 1.54) is 19.4 Å². The smallest absolute Gasteiger partial charge is 0.165 e. The van der Waals surface area contributed by atoms with Gasteiger partial charge in [-0.05, 0) is 17.7 Å². The van der Waals surface area contributed by atoms with Crippen LogP contribution in [0.4, 0.5) is 4.39 Å². The van der Waals surface area contributed by atoms with Gasteiger partial charge in [-0.25, -0.2) is 12.8 Å². The molecule has 0 bridgehead atoms. The van der Waals surface area contributed by atoms with Crippen molar-refractivity contribution < 1.29 is 17.5 Å². The molecule has 0 heterocycles. The second kappa shape index (κ2) is 5.97. The average molecular weight is 261 g/mol. The first-order valence-corrected chi connectivity index (χ1v) is 7.19. The standard InChI is InChI=1S/C11H16FNO3S/c1-16-11-4-3-9(7-10(11)12)8-13-5-6-17(2,14)15/h3-4,7,13H,5-6,8H2,1-2H3. The van der Waals surface area contributed by atoms with Crippen molar-refractivity contribution in [1.82, 2.24) is 5.32 Å². The Morgan fingerprint density at radius 1 is 1.41 bits per heavy atom. The highest BCUT2D eigenvalue weighted by molar-refractivity contribution is 7.90. The van der Waals surface area contributed by atoms with Crippen LogP contribution in [0.25, 0.3) is 0 Å². The van der Waals surface area contributed by atoms with Crippen LogP contribution in [0.3, 0.4) is 0 Å². The van der Waals surface area contributed by atoms with E-state index < -0.39 is 15.7 Å². The number of benzene rings is 1. The molecular formula is C11H16FNO3S. The molecule has 0 aromatic heterocycles. The first-order valence-electron chi connectivity index (χ1n) is 5.13. The molecule has 1 aromatic carbocycles. The van der Waals surface area contributed by atoms with Crippen molar-refractivity contribution in [3.63, 3.8) is 0 Å². The third kappa shape index (κ3) is 5.14. The zero-order valence-electron chi connectivity index (χ0n) is 9.86. The van der Waals surface area contributed by atoms with Crippen LogP contribution in [-0.2, 0) is 16.4 Å². The summed E-state index contributed by atoms with van der Waals surface area (Å²) in [6.07, 6.45) is 1.18. The van der Waals surface area contributed by atoms with Crippen LogP contribution in [-0.4, -0.2) is 34.1 Å². The number of methoxy groups -OCH3 is 1. The highest BCUT2D eigenvalue weighted by atomic mass is 32.2. The normalized spacial score (nSPS) is 11.5. The van der Waals surface area contributed by atoms with Gasteiger partial charge in [0.2, 0.25) is 0 Å². The fourth-order valence-corrected chi connectivity index (χ4v) is 1.83. The number of hydrogen-bond donors (Lipinski definition) is 1. The number of ether oxygens (including phenoxy) is 1. The summed E-state index contributed by atoms with van der Waals surface area (Å²) in [5, 5.41) is 2.94. The Morgan fingerprint density at radius 2 is 2.12 bits per heavy atom. The van der Waals surface area contributed by atoms with Gasteiger partial charge in [0.1, 0.15) is 9.84 Å². The summed E-state index contributed by atoms with van der Waals surface area (Å²) in [4.78, 5) is 0. The molecule has 6 heteroatoms. The lowest BCUT2D eigenvalue weighted by Gasteiger charge is -2.06. The van der Waals surface area contributed by atoms with Crippen molar-refractivity contribution in [1.29, 1.82) is 0 Å². The third-order valence-electron chi connectivity index (χ3n) is 2.19. The van der Waals surface area contributed by atoms with Gasteiger partial charge < -0.3 is 10.1 Å². The highest BCUT2D eigenvalue weighted by Gasteiger charge is 2.04. The molecule has 4 nitrogen and oxygen atoms in total. The maximum atomic E-state index is 13.3. The monoisotopic (exact) mass is 261 g/mol. The molecule has 1 N–H and O–H groups in total. The summed E-state index contributed by atoms with van der Waals surface area (Å²) in [5.41, 5.74) is 0.747. The molecular weight excluding hydrogens is 245 g/mol. The number of hydrogen-bond acceptors (Lipinski definition) is 4. The van der Waals surface area contributed by atoms with Crippen molar-refractivity contribution in [3.05, 3.63) is 29.6 Å². The van der Waals surface area contributed by atoms with Crippen LogP contribution >= 0.6 is 0 Å². The molecule has 1 rings (SSSR count). The number of rotatable bonds is 6. The number of nitrogens with one attached hydrogen (secondary N) is 1. The van der Waals surface area contributed by atoms with Gasteiger partial charge >= 0.3 is 0 Å². The Morgan fingerprint density at radius 3 is 2.65 bits per heavy atom. The summed E-state index contributed by atoms with van der Waals surface area (Å²) in [5.74, 6) is -0.147. The molecule has 0 spiro atoms. The van der Waals surface area contributed by atoms with Gasteiger partial charge in [0, 0.05) is 19.3 Å². The Kier molecular flexibility index (Phi) is 4.89. The predicted octanol–water partition coefficient (Wildman–Crippen LogP) is 0.969. The van der Waals surface area contributed by atoms with E-state index in [9.17, 15) is 12.8 Å². The van der Waals surface area contributed by atoms with Crippen LogP contribution in [0.1, 0.15) is 5.56 Å². The lowest BCUT2D eigenvalue weighted by atomic mass is 10.2. The molecule has 0 unspecified atom stereocenters. The maximum Gasteiger partial charge on any atom is 0.165 e. The van der Waals surface area contributed by atoms with E-state index >= 15 is 0 Å². The van der Waals surface area contributed by atoms with Crippen LogP contribution in [0, 0.1) is 5.82 Å². The third-order valence-corrected chi connectivity index (χ3v) is 3.14. The number of sulfone groups is 1. The lowest BCUT2D eigenvalue weighted by Crippen LogP contribution is -2.21. The van der Waals surface area contributed by atoms with Gasteiger partial charge in [-0.1, -0.05) is 6.07 Å². The molecule has 0 aliphatic rings. The maximum absolute atomic E-state index is 13.3. The van der Waals surface area contributed by atoms with E-state index in [4.69, 9.17) is 4.74 Å². The summed E-state index contributed by atoms with van der Waals surface area (Å²) in [6.45, 7) is 0.781. The minimum Gasteiger partial charge on any atom is -0.494 e. The Balaban J connectivity index is 2.45. The fourth-order valence-electron chi connectivity index (χ4n) is 1.31. The van der Waals surface area contributed by atoms with Gasteiger partial charge in [0.25, 0.3) is 0 Å². The van der Waals surface area contributed by atoms with Crippen molar-refractivity contribution in [2.75, 3.05) is 25.7 Å². The summed E-state index contributed by atoms with van der Waals surface area (Å²) in [6, 6.07) is 4.64. The zero-order chi connectivity index (χ0) is 12.9. The number of halogens is 1. The second-order valence-electron chi connectivity index (χ2n) is 3.78. The van der Waals surface area contributed by atoms with Crippen LogP contribution in [0.2, 0.25) is 0 Å². The average Bonchev–Trinajstić information content (AvgIpc) is 2.23. The molecule has 0 fully saturated rings. The van der Waals surface area contributed by atoms with Crippen LogP contribution in [0.15, 0.2) is 18.2 Å². The van der Waals surface area contributed by atoms with Gasteiger partial charge in [0.15, 0.2) is 11.6 Å². The molecule has 0 aliphatic heterocycles. The van der Waals surface area contributed by atoms with E-state index in [0.29, 0.717) is 13.1 Å². The molecule has 0 aliphatic carbocycles. The fraction of sp³-hybridized carbons (Fsp3) is 0.455. The summed E-state index contributed by atoms with van der Waals surface area (Å²) in [7, 11) is -1.55. The van der Waals surface area contributed by atoms with E-state index in [-0.39, 0.29) is 11.5 Å². The minimum atomic E-state index is -2.95. The predicted molar refractivity (Wildman–Crippen MR) is 64.4 cm³/mol. The molecule has 0 saturated carbocycles. The van der Waals surface area contributed by atoms with E-state index in [0.717, 1.165) is 5.56 Å². The molecule has 1 aromatic rings. The molecule has 17 heavy (non-hydrogen) atoms. The highest BCUT2D eigenvalue weighted by Crippen LogP contribution is 2.17. The van der Waals surface area contributed by atoms with Crippen LogP contribution < -0.4 is 10.1 Å². The van der Waals surface area contributed by atoms with Gasteiger partial charge in [-0.3, -0.25) is 0 Å². The summed E-state index contributed by atoms with van der Waals surface area (Å²) < 4.78 is 39.8. The molecule has 0 amide bonds. The minimum absolute atomic E-state index is 0.0750. The first-order chi connectivity index (χ1) is 7.92. The van der Waals surface area contributed by atoms with E-state index in [1.807, 2.05) is 0 Å². The Hall–Kier alpha value is -1.14. The van der Waals surface area contributed by atoms with Gasteiger partial charge in [0.05, 0.1) is 12.9 Å². The lowest BCUT2D eigenvalue weighted by molar-refractivity contribution is 0.386. The molecule has 0 radical (unpaired) electrons. The van der Waals surface area contributed by atoms with Crippen molar-refractivity contribution >= 4 is 9.84 Å². The summed E-state index contributed by atoms with van der Waals surface area (Å²) >= 11 is 0. The second-order valence-corrected chi connectivity index (χ2v) is 6.04. The van der Waals surface area contributed by atoms with Gasteiger partial charge in [-0.15, -0.1) is 0 Å². The largest absolute Gasteiger partial charge is 0.494 e.